The number of fused-ring (bicyclic) bond motifs is 1. The Labute approximate surface area is 216 Å². The van der Waals surface area contributed by atoms with Gasteiger partial charge >= 0.3 is 217 Å². The van der Waals surface area contributed by atoms with Crippen LogP contribution in [0.1, 0.15) is 53.5 Å². The fraction of sp³-hybridized carbons (Fsp3) is 0.346. The Morgan fingerprint density at radius 1 is 1.14 bits per heavy atom. The molecule has 0 fully saturated rings. The van der Waals surface area contributed by atoms with Gasteiger partial charge in [0.1, 0.15) is 0 Å². The topological polar surface area (TPSA) is 108 Å². The predicted molar refractivity (Wildman–Crippen MR) is 138 cm³/mol. The maximum atomic E-state index is 13.6. The summed E-state index contributed by atoms with van der Waals surface area (Å²) in [6.45, 7) is 6.10. The molecule has 0 saturated carbocycles. The van der Waals surface area contributed by atoms with Crippen molar-refractivity contribution in [1.29, 1.82) is 0 Å². The molecule has 186 valence electrons. The van der Waals surface area contributed by atoms with Crippen LogP contribution >= 0.6 is 11.6 Å². The number of H-pyrrole nitrogens is 1. The predicted octanol–water partition coefficient (Wildman–Crippen LogP) is 4.71. The van der Waals surface area contributed by atoms with Gasteiger partial charge in [0.05, 0.1) is 0 Å². The number of aromatic nitrogens is 1. The van der Waals surface area contributed by atoms with E-state index in [1.165, 1.54) is 0 Å². The molecule has 35 heavy (non-hydrogen) atoms. The number of hydrogen-bond donors (Lipinski definition) is 3. The van der Waals surface area contributed by atoms with Crippen LogP contribution in [0.25, 0.3) is 10.9 Å². The number of carboxylic acid groups (broad SMARTS) is 1. The van der Waals surface area contributed by atoms with Crippen LogP contribution in [0.5, 0.6) is 0 Å². The molecule has 0 aliphatic carbocycles. The molecule has 0 spiro atoms. The summed E-state index contributed by atoms with van der Waals surface area (Å²) in [6, 6.07) is 14.6. The summed E-state index contributed by atoms with van der Waals surface area (Å²) >= 11 is 4.74. The molecule has 9 heteroatoms. The molecule has 0 saturated heterocycles. The normalized spacial score (nSPS) is 13.3. The molecule has 3 rings (SSSR count). The van der Waals surface area contributed by atoms with Crippen LogP contribution in [0.4, 0.5) is 0 Å². The molecule has 1 amide bonds. The van der Waals surface area contributed by atoms with E-state index in [1.807, 2.05) is 44.2 Å². The molecule has 1 heterocycles. The molecule has 0 aliphatic rings. The van der Waals surface area contributed by atoms with Gasteiger partial charge < -0.3 is 0 Å². The second kappa shape index (κ2) is 12.3. The first-order valence-electron chi connectivity index (χ1n) is 11.5. The van der Waals surface area contributed by atoms with E-state index < -0.39 is 37.1 Å². The van der Waals surface area contributed by atoms with Crippen molar-refractivity contribution in [1.82, 2.24) is 10.3 Å². The average Bonchev–Trinajstić information content (AvgIpc) is 3.19. The quantitative estimate of drug-likeness (QED) is 0.232. The van der Waals surface area contributed by atoms with E-state index >= 15 is 0 Å². The molecule has 0 radical (unpaired) electrons. The minimum atomic E-state index is -1.44. The molecule has 1 aromatic heterocycles. The van der Waals surface area contributed by atoms with Crippen molar-refractivity contribution in [2.45, 2.75) is 43.1 Å². The summed E-state index contributed by atoms with van der Waals surface area (Å²) in [4.78, 5) is 41.8. The SMILES string of the molecule is CCOC(=O)c1[nH]c2cc(Cl)ccc2c1C([AsH]C(CC(C)C)C(=O)O)C(=O)NCc1ccccc1. The minimum absolute atomic E-state index is 0.152. The molecule has 0 bridgehead atoms. The zero-order valence-corrected chi connectivity index (χ0v) is 22.8. The van der Waals surface area contributed by atoms with Crippen LogP contribution in [0.15, 0.2) is 48.5 Å². The Bertz CT molecular complexity index is 1200. The summed E-state index contributed by atoms with van der Waals surface area (Å²) in [6.07, 6.45) is 0.459. The molecule has 0 aliphatic heterocycles. The Morgan fingerprint density at radius 2 is 1.86 bits per heavy atom. The monoisotopic (exact) mass is 560 g/mol. The number of carbonyl (C=O) groups excluding carboxylic acids is 2. The van der Waals surface area contributed by atoms with Gasteiger partial charge in [0, 0.05) is 0 Å². The molecule has 3 atom stereocenters. The van der Waals surface area contributed by atoms with E-state index in [4.69, 9.17) is 16.3 Å². The zero-order chi connectivity index (χ0) is 25.5. The maximum absolute atomic E-state index is 13.6. The number of hydrogen-bond acceptors (Lipinski definition) is 4. The van der Waals surface area contributed by atoms with E-state index in [9.17, 15) is 19.5 Å². The first-order valence-corrected chi connectivity index (χ1v) is 14.3. The van der Waals surface area contributed by atoms with Gasteiger partial charge in [-0.1, -0.05) is 0 Å². The second-order valence-corrected chi connectivity index (χ2v) is 12.5. The fourth-order valence-corrected chi connectivity index (χ4v) is 8.05. The van der Waals surface area contributed by atoms with E-state index in [2.05, 4.69) is 10.3 Å². The van der Waals surface area contributed by atoms with Crippen molar-refractivity contribution in [3.05, 3.63) is 70.4 Å². The molecule has 7 nitrogen and oxygen atoms in total. The van der Waals surface area contributed by atoms with Crippen molar-refractivity contribution in [3.8, 4) is 0 Å². The number of nitrogens with one attached hydrogen (secondary N) is 2. The second-order valence-electron chi connectivity index (χ2n) is 8.65. The van der Waals surface area contributed by atoms with Gasteiger partial charge in [0.25, 0.3) is 0 Å². The van der Waals surface area contributed by atoms with Crippen LogP contribution in [0.2, 0.25) is 9.73 Å². The third-order valence-corrected chi connectivity index (χ3v) is 9.46. The first-order chi connectivity index (χ1) is 16.7. The molecule has 2 aromatic carbocycles. The third kappa shape index (κ3) is 6.89. The van der Waals surface area contributed by atoms with Crippen molar-refractivity contribution < 1.29 is 24.2 Å². The number of esters is 1. The van der Waals surface area contributed by atoms with Crippen molar-refractivity contribution >= 4 is 56.1 Å². The average molecular weight is 561 g/mol. The Balaban J connectivity index is 2.09. The van der Waals surface area contributed by atoms with Crippen molar-refractivity contribution in [3.63, 3.8) is 0 Å². The summed E-state index contributed by atoms with van der Waals surface area (Å²) in [5, 5.41) is 14.1. The molecule has 3 N–H and O–H groups in total. The van der Waals surface area contributed by atoms with Gasteiger partial charge in [-0.25, -0.2) is 0 Å². The number of halogens is 1. The first kappa shape index (κ1) is 26.8. The summed E-state index contributed by atoms with van der Waals surface area (Å²) in [5.41, 5.74) is 2.17. The van der Waals surface area contributed by atoms with Crippen molar-refractivity contribution in [2.75, 3.05) is 6.61 Å². The Kier molecular flexibility index (Phi) is 9.41. The number of ether oxygens (including phenoxy) is 1. The van der Waals surface area contributed by atoms with Crippen LogP contribution in [0.3, 0.4) is 0 Å². The number of amides is 1. The summed E-state index contributed by atoms with van der Waals surface area (Å²) in [7, 11) is 0. The number of aromatic amines is 1. The van der Waals surface area contributed by atoms with Gasteiger partial charge in [0.2, 0.25) is 0 Å². The molecule has 3 unspecified atom stereocenters. The van der Waals surface area contributed by atoms with E-state index in [0.29, 0.717) is 34.5 Å². The fourth-order valence-electron chi connectivity index (χ4n) is 3.95. The van der Waals surface area contributed by atoms with Gasteiger partial charge in [0.15, 0.2) is 0 Å². The number of rotatable bonds is 11. The van der Waals surface area contributed by atoms with Crippen LogP contribution in [0, 0.1) is 5.92 Å². The molecular weight excluding hydrogens is 531 g/mol. The number of aliphatic carboxylic acids is 1. The van der Waals surface area contributed by atoms with Crippen LogP contribution in [-0.2, 0) is 20.9 Å². The standard InChI is InChI=1S/C26H30AsClN2O5/c1-4-35-26(34)23-21(18-11-10-17(28)13-20(18)30-23)22(27-19(25(32)33)12-15(2)3)24(31)29-14-16-8-6-5-7-9-16/h5-11,13,15,19,22,27,30H,4,12,14H2,1-3H3,(H,29,31)(H,32,33). The van der Waals surface area contributed by atoms with Gasteiger partial charge in [-0.05, 0) is 0 Å². The van der Waals surface area contributed by atoms with E-state index in [1.54, 1.807) is 25.1 Å². The Morgan fingerprint density at radius 3 is 2.49 bits per heavy atom. The summed E-state index contributed by atoms with van der Waals surface area (Å²) < 4.78 is 3.85. The molecule has 3 aromatic rings. The van der Waals surface area contributed by atoms with Gasteiger partial charge in [-0.2, -0.15) is 0 Å². The zero-order valence-electron chi connectivity index (χ0n) is 19.9. The van der Waals surface area contributed by atoms with E-state index in [-0.39, 0.29) is 24.1 Å². The number of carbonyl (C=O) groups is 3. The number of carboxylic acids is 1. The van der Waals surface area contributed by atoms with Gasteiger partial charge in [-0.15, -0.1) is 0 Å². The van der Waals surface area contributed by atoms with Crippen LogP contribution < -0.4 is 5.32 Å². The summed E-state index contributed by atoms with van der Waals surface area (Å²) in [5.74, 6) is -1.65. The van der Waals surface area contributed by atoms with Gasteiger partial charge in [-0.3, -0.25) is 0 Å². The van der Waals surface area contributed by atoms with E-state index in [0.717, 1.165) is 5.56 Å². The number of benzene rings is 2. The third-order valence-electron chi connectivity index (χ3n) is 5.51. The van der Waals surface area contributed by atoms with Crippen LogP contribution in [-0.4, -0.2) is 50.3 Å². The molecular formula is C26H30AsClN2O5. The Hall–Kier alpha value is -2.76. The van der Waals surface area contributed by atoms with Crippen molar-refractivity contribution in [2.24, 2.45) is 5.92 Å².